The van der Waals surface area contributed by atoms with Crippen LogP contribution in [0.15, 0.2) is 72.8 Å². The summed E-state index contributed by atoms with van der Waals surface area (Å²) in [7, 11) is 0. The van der Waals surface area contributed by atoms with Crippen LogP contribution in [0.4, 0.5) is 0 Å². The molecule has 0 atom stereocenters. The van der Waals surface area contributed by atoms with E-state index < -0.39 is 5.97 Å². The summed E-state index contributed by atoms with van der Waals surface area (Å²) < 4.78 is 5.75. The van der Waals surface area contributed by atoms with E-state index >= 15 is 0 Å². The fourth-order valence-electron chi connectivity index (χ4n) is 2.55. The van der Waals surface area contributed by atoms with Crippen LogP contribution in [-0.2, 0) is 6.61 Å². The average Bonchev–Trinajstić information content (AvgIpc) is 2.72. The van der Waals surface area contributed by atoms with E-state index in [1.54, 1.807) is 18.2 Å². The normalized spacial score (nSPS) is 10.9. The summed E-state index contributed by atoms with van der Waals surface area (Å²) in [5.41, 5.74) is 3.16. The Kier molecular flexibility index (Phi) is 6.11. The minimum Gasteiger partial charge on any atom is -0.489 e. The Labute approximate surface area is 167 Å². The van der Waals surface area contributed by atoms with Crippen LogP contribution in [0.3, 0.4) is 0 Å². The number of aromatic carboxylic acids is 1. The number of nitriles is 1. The number of carbonyl (C=O) groups is 1. The molecule has 3 aromatic rings. The van der Waals surface area contributed by atoms with Gasteiger partial charge >= 0.3 is 5.97 Å². The van der Waals surface area contributed by atoms with E-state index in [1.165, 1.54) is 12.1 Å². The second kappa shape index (κ2) is 8.90. The van der Waals surface area contributed by atoms with Crippen molar-refractivity contribution < 1.29 is 14.6 Å². The highest BCUT2D eigenvalue weighted by Crippen LogP contribution is 2.21. The van der Waals surface area contributed by atoms with Gasteiger partial charge in [-0.05, 0) is 59.2 Å². The van der Waals surface area contributed by atoms with Gasteiger partial charge in [0.1, 0.15) is 12.4 Å². The lowest BCUT2D eigenvalue weighted by Gasteiger charge is -2.07. The molecule has 0 saturated carbocycles. The topological polar surface area (TPSA) is 70.3 Å². The quantitative estimate of drug-likeness (QED) is 0.434. The minimum atomic E-state index is -0.997. The number of rotatable bonds is 6. The molecule has 28 heavy (non-hydrogen) atoms. The molecule has 0 bridgehead atoms. The van der Waals surface area contributed by atoms with Crippen molar-refractivity contribution in [3.05, 3.63) is 100 Å². The Morgan fingerprint density at radius 3 is 2.14 bits per heavy atom. The van der Waals surface area contributed by atoms with Crippen molar-refractivity contribution in [3.8, 4) is 11.8 Å². The molecule has 0 aliphatic carbocycles. The summed E-state index contributed by atoms with van der Waals surface area (Å²) in [6.07, 6.45) is 1.75. The molecule has 0 fully saturated rings. The Morgan fingerprint density at radius 2 is 1.57 bits per heavy atom. The van der Waals surface area contributed by atoms with Crippen LogP contribution in [0.5, 0.6) is 5.75 Å². The van der Waals surface area contributed by atoms with E-state index in [0.717, 1.165) is 16.9 Å². The zero-order valence-electron chi connectivity index (χ0n) is 14.8. The summed E-state index contributed by atoms with van der Waals surface area (Å²) in [4.78, 5) is 10.9. The number of carboxylic acid groups (broad SMARTS) is 1. The molecule has 3 aromatic carbocycles. The van der Waals surface area contributed by atoms with Crippen LogP contribution in [-0.4, -0.2) is 11.1 Å². The number of ether oxygens (including phenoxy) is 1. The summed E-state index contributed by atoms with van der Waals surface area (Å²) in [6, 6.07) is 23.2. The molecule has 138 valence electrons. The first-order valence-corrected chi connectivity index (χ1v) is 8.86. The number of carboxylic acids is 1. The maximum absolute atomic E-state index is 10.9. The Morgan fingerprint density at radius 1 is 0.964 bits per heavy atom. The van der Waals surface area contributed by atoms with E-state index in [2.05, 4.69) is 6.07 Å². The maximum Gasteiger partial charge on any atom is 0.335 e. The van der Waals surface area contributed by atoms with E-state index in [-0.39, 0.29) is 5.56 Å². The second-order valence-electron chi connectivity index (χ2n) is 6.04. The summed E-state index contributed by atoms with van der Waals surface area (Å²) >= 11 is 5.87. The zero-order valence-corrected chi connectivity index (χ0v) is 15.6. The number of hydrogen-bond donors (Lipinski definition) is 1. The zero-order chi connectivity index (χ0) is 19.9. The first-order chi connectivity index (χ1) is 13.5. The lowest BCUT2D eigenvalue weighted by molar-refractivity contribution is 0.0697. The van der Waals surface area contributed by atoms with Crippen molar-refractivity contribution in [3.63, 3.8) is 0 Å². The Hall–Kier alpha value is -3.55. The number of nitrogens with zero attached hydrogens (tertiary/aromatic N) is 1. The minimum absolute atomic E-state index is 0.184. The number of halogens is 1. The molecule has 0 spiro atoms. The molecular weight excluding hydrogens is 374 g/mol. The molecule has 0 radical (unpaired) electrons. The lowest BCUT2D eigenvalue weighted by Crippen LogP contribution is -1.95. The summed E-state index contributed by atoms with van der Waals surface area (Å²) in [6.45, 7) is 0.436. The number of hydrogen-bond acceptors (Lipinski definition) is 3. The highest BCUT2D eigenvalue weighted by Gasteiger charge is 2.05. The van der Waals surface area contributed by atoms with Crippen LogP contribution in [0.2, 0.25) is 5.02 Å². The smallest absolute Gasteiger partial charge is 0.335 e. The second-order valence-corrected chi connectivity index (χ2v) is 6.47. The summed E-state index contributed by atoms with van der Waals surface area (Å²) in [5, 5.41) is 19.1. The van der Waals surface area contributed by atoms with Gasteiger partial charge in [0.15, 0.2) is 0 Å². The van der Waals surface area contributed by atoms with Crippen molar-refractivity contribution in [2.75, 3.05) is 0 Å². The van der Waals surface area contributed by atoms with E-state index in [9.17, 15) is 10.1 Å². The number of benzene rings is 3. The van der Waals surface area contributed by atoms with Gasteiger partial charge in [-0.2, -0.15) is 5.26 Å². The molecule has 3 rings (SSSR count). The van der Waals surface area contributed by atoms with Gasteiger partial charge in [-0.15, -0.1) is 0 Å². The molecular formula is C23H16ClNO3. The van der Waals surface area contributed by atoms with E-state index in [4.69, 9.17) is 21.4 Å². The van der Waals surface area contributed by atoms with Gasteiger partial charge in [-0.1, -0.05) is 48.0 Å². The van der Waals surface area contributed by atoms with Crippen molar-refractivity contribution in [2.45, 2.75) is 6.61 Å². The third-order valence-electron chi connectivity index (χ3n) is 4.07. The van der Waals surface area contributed by atoms with Gasteiger partial charge < -0.3 is 9.84 Å². The van der Waals surface area contributed by atoms with Crippen LogP contribution in [0.25, 0.3) is 11.6 Å². The van der Waals surface area contributed by atoms with Crippen molar-refractivity contribution >= 4 is 29.2 Å². The standard InChI is InChI=1S/C23H16ClNO3/c24-21-9-1-17(2-10-21)15-28-22-11-3-16(4-12-22)13-20(14-25)18-5-7-19(8-6-18)23(26)27/h1-13H,15H2,(H,26,27)/b20-13+. The van der Waals surface area contributed by atoms with Gasteiger partial charge in [0.25, 0.3) is 0 Å². The van der Waals surface area contributed by atoms with Crippen LogP contribution >= 0.6 is 11.6 Å². The van der Waals surface area contributed by atoms with Gasteiger partial charge in [0.05, 0.1) is 17.2 Å². The van der Waals surface area contributed by atoms with Crippen molar-refractivity contribution in [1.82, 2.24) is 0 Å². The predicted octanol–water partition coefficient (Wildman–Crippen LogP) is 5.68. The van der Waals surface area contributed by atoms with Gasteiger partial charge in [-0.25, -0.2) is 4.79 Å². The van der Waals surface area contributed by atoms with E-state index in [0.29, 0.717) is 22.8 Å². The largest absolute Gasteiger partial charge is 0.489 e. The monoisotopic (exact) mass is 389 g/mol. The molecule has 0 heterocycles. The fraction of sp³-hybridized carbons (Fsp3) is 0.0435. The van der Waals surface area contributed by atoms with E-state index in [1.807, 2.05) is 48.5 Å². The molecule has 0 aliphatic heterocycles. The summed E-state index contributed by atoms with van der Waals surface area (Å²) in [5.74, 6) is -0.278. The fourth-order valence-corrected chi connectivity index (χ4v) is 2.67. The SMILES string of the molecule is N#C/C(=C\c1ccc(OCc2ccc(Cl)cc2)cc1)c1ccc(C(=O)O)cc1. The van der Waals surface area contributed by atoms with Gasteiger partial charge in [0, 0.05) is 5.02 Å². The lowest BCUT2D eigenvalue weighted by atomic mass is 10.0. The molecule has 0 unspecified atom stereocenters. The van der Waals surface area contributed by atoms with Crippen LogP contribution < -0.4 is 4.74 Å². The molecule has 0 aromatic heterocycles. The number of allylic oxidation sites excluding steroid dienone is 1. The third-order valence-corrected chi connectivity index (χ3v) is 4.33. The molecule has 0 aliphatic rings. The highest BCUT2D eigenvalue weighted by molar-refractivity contribution is 6.30. The molecule has 0 saturated heterocycles. The molecule has 0 amide bonds. The molecule has 1 N–H and O–H groups in total. The first kappa shape index (κ1) is 19.2. The van der Waals surface area contributed by atoms with Crippen molar-refractivity contribution in [2.24, 2.45) is 0 Å². The molecule has 5 heteroatoms. The third kappa shape index (κ3) is 5.00. The Bertz CT molecular complexity index is 1030. The Balaban J connectivity index is 1.69. The van der Waals surface area contributed by atoms with Crippen molar-refractivity contribution in [1.29, 1.82) is 5.26 Å². The van der Waals surface area contributed by atoms with Gasteiger partial charge in [-0.3, -0.25) is 0 Å². The first-order valence-electron chi connectivity index (χ1n) is 8.48. The van der Waals surface area contributed by atoms with Crippen LogP contribution in [0, 0.1) is 11.3 Å². The highest BCUT2D eigenvalue weighted by atomic mass is 35.5. The average molecular weight is 390 g/mol. The maximum atomic E-state index is 10.9. The van der Waals surface area contributed by atoms with Gasteiger partial charge in [0.2, 0.25) is 0 Å². The predicted molar refractivity (Wildman–Crippen MR) is 109 cm³/mol. The molecule has 4 nitrogen and oxygen atoms in total. The van der Waals surface area contributed by atoms with Crippen LogP contribution in [0.1, 0.15) is 27.0 Å².